The molecule has 5 rings (SSSR count). The summed E-state index contributed by atoms with van der Waals surface area (Å²) in [7, 11) is 0. The lowest BCUT2D eigenvalue weighted by molar-refractivity contribution is 0.0872. The van der Waals surface area contributed by atoms with Gasteiger partial charge in [-0.25, -0.2) is 9.37 Å². The maximum absolute atomic E-state index is 13.9. The number of aromatic nitrogens is 2. The molecule has 2 aliphatic rings. The van der Waals surface area contributed by atoms with Crippen LogP contribution in [0.4, 0.5) is 4.39 Å². The number of pyridine rings is 2. The van der Waals surface area contributed by atoms with Crippen LogP contribution in [0.2, 0.25) is 0 Å². The number of carbonyl (C=O) groups excluding carboxylic acids is 1. The number of nitrogens with one attached hydrogen (secondary N) is 1. The molecule has 168 valence electrons. The normalized spacial score (nSPS) is 24.4. The predicted octanol–water partition coefficient (Wildman–Crippen LogP) is 5.37. The number of halogens is 1. The van der Waals surface area contributed by atoms with E-state index in [1.807, 2.05) is 12.3 Å². The molecule has 0 saturated heterocycles. The monoisotopic (exact) mass is 442 g/mol. The fraction of sp³-hybridized carbons (Fsp3) is 0.407. The summed E-state index contributed by atoms with van der Waals surface area (Å²) >= 11 is 0. The Morgan fingerprint density at radius 3 is 2.52 bits per heavy atom. The molecule has 2 aliphatic carbocycles. The van der Waals surface area contributed by atoms with Crippen molar-refractivity contribution in [3.8, 4) is 6.07 Å². The third-order valence-electron chi connectivity index (χ3n) is 7.77. The first kappa shape index (κ1) is 21.5. The van der Waals surface area contributed by atoms with Crippen LogP contribution in [0, 0.1) is 34.9 Å². The zero-order valence-electron chi connectivity index (χ0n) is 18.9. The van der Waals surface area contributed by atoms with Gasteiger partial charge in [0.15, 0.2) is 0 Å². The zero-order valence-corrected chi connectivity index (χ0v) is 18.9. The Kier molecular flexibility index (Phi) is 5.36. The largest absolute Gasteiger partial charge is 0.346 e. The minimum atomic E-state index is -0.348. The molecule has 2 heterocycles. The zero-order chi connectivity index (χ0) is 23.2. The van der Waals surface area contributed by atoms with E-state index in [-0.39, 0.29) is 17.3 Å². The first-order chi connectivity index (χ1) is 15.8. The number of amides is 1. The Morgan fingerprint density at radius 1 is 1.09 bits per heavy atom. The SMILES string of the molecule is CC(C)(NC(=O)c1ccc(C#N)cn1)[C@H]1CC2CC(c3ccnc4ccc(F)cc34)C[C@H]2C1. The second-order valence-corrected chi connectivity index (χ2v) is 10.1. The summed E-state index contributed by atoms with van der Waals surface area (Å²) in [5.41, 5.74) is 2.48. The van der Waals surface area contributed by atoms with Crippen molar-refractivity contribution in [3.05, 3.63) is 71.4 Å². The summed E-state index contributed by atoms with van der Waals surface area (Å²) in [5.74, 6) is 1.62. The van der Waals surface area contributed by atoms with Crippen molar-refractivity contribution in [3.63, 3.8) is 0 Å². The summed E-state index contributed by atoms with van der Waals surface area (Å²) in [6, 6.07) is 12.1. The maximum Gasteiger partial charge on any atom is 0.270 e. The van der Waals surface area contributed by atoms with E-state index < -0.39 is 0 Å². The van der Waals surface area contributed by atoms with Crippen molar-refractivity contribution in [2.24, 2.45) is 17.8 Å². The van der Waals surface area contributed by atoms with Crippen molar-refractivity contribution in [2.45, 2.75) is 51.0 Å². The highest BCUT2D eigenvalue weighted by Crippen LogP contribution is 2.55. The lowest BCUT2D eigenvalue weighted by Crippen LogP contribution is -2.48. The molecule has 2 saturated carbocycles. The third-order valence-corrected chi connectivity index (χ3v) is 7.77. The molecular formula is C27H27FN4O. The molecule has 3 aromatic rings. The summed E-state index contributed by atoms with van der Waals surface area (Å²) in [5, 5.41) is 13.0. The van der Waals surface area contributed by atoms with Crippen LogP contribution in [0.15, 0.2) is 48.8 Å². The van der Waals surface area contributed by atoms with Crippen molar-refractivity contribution >= 4 is 16.8 Å². The minimum absolute atomic E-state index is 0.204. The summed E-state index contributed by atoms with van der Waals surface area (Å²) < 4.78 is 13.9. The van der Waals surface area contributed by atoms with E-state index >= 15 is 0 Å². The van der Waals surface area contributed by atoms with E-state index in [0.717, 1.165) is 36.6 Å². The fourth-order valence-electron chi connectivity index (χ4n) is 6.01. The summed E-state index contributed by atoms with van der Waals surface area (Å²) in [6.07, 6.45) is 7.61. The Bertz CT molecular complexity index is 1230. The fourth-order valence-corrected chi connectivity index (χ4v) is 6.01. The molecule has 2 aromatic heterocycles. The van der Waals surface area contributed by atoms with Crippen molar-refractivity contribution in [1.82, 2.24) is 15.3 Å². The second kappa shape index (κ2) is 8.22. The number of hydrogen-bond acceptors (Lipinski definition) is 4. The van der Waals surface area contributed by atoms with Gasteiger partial charge in [-0.2, -0.15) is 5.26 Å². The van der Waals surface area contributed by atoms with Gasteiger partial charge in [0.25, 0.3) is 5.91 Å². The van der Waals surface area contributed by atoms with Crippen LogP contribution in [-0.4, -0.2) is 21.4 Å². The van der Waals surface area contributed by atoms with E-state index in [1.165, 1.54) is 17.8 Å². The molecule has 1 aromatic carbocycles. The average Bonchev–Trinajstić information content (AvgIpc) is 3.38. The highest BCUT2D eigenvalue weighted by atomic mass is 19.1. The molecule has 6 heteroatoms. The highest BCUT2D eigenvalue weighted by molar-refractivity contribution is 5.92. The maximum atomic E-state index is 13.9. The van der Waals surface area contributed by atoms with Crippen molar-refractivity contribution < 1.29 is 9.18 Å². The van der Waals surface area contributed by atoms with Crippen LogP contribution >= 0.6 is 0 Å². The smallest absolute Gasteiger partial charge is 0.270 e. The molecule has 4 atom stereocenters. The van der Waals surface area contributed by atoms with E-state index in [9.17, 15) is 9.18 Å². The second-order valence-electron chi connectivity index (χ2n) is 10.1. The van der Waals surface area contributed by atoms with Gasteiger partial charge in [0.05, 0.1) is 11.1 Å². The summed E-state index contributed by atoms with van der Waals surface area (Å²) in [4.78, 5) is 21.3. The Hall–Kier alpha value is -3.33. The van der Waals surface area contributed by atoms with E-state index in [1.54, 1.807) is 24.3 Å². The Labute approximate surface area is 193 Å². The molecule has 5 nitrogen and oxygen atoms in total. The molecular weight excluding hydrogens is 415 g/mol. The molecule has 0 aliphatic heterocycles. The van der Waals surface area contributed by atoms with Crippen molar-refractivity contribution in [2.75, 3.05) is 0 Å². The quantitative estimate of drug-likeness (QED) is 0.589. The van der Waals surface area contributed by atoms with E-state index in [2.05, 4.69) is 35.2 Å². The van der Waals surface area contributed by atoms with Crippen molar-refractivity contribution in [1.29, 1.82) is 5.26 Å². The number of nitrogens with zero attached hydrogens (tertiary/aromatic N) is 3. The first-order valence-corrected chi connectivity index (χ1v) is 11.6. The number of fused-ring (bicyclic) bond motifs is 2. The third kappa shape index (κ3) is 4.08. The van der Waals surface area contributed by atoms with E-state index in [4.69, 9.17) is 5.26 Å². The molecule has 1 N–H and O–H groups in total. The predicted molar refractivity (Wildman–Crippen MR) is 124 cm³/mol. The topological polar surface area (TPSA) is 78.7 Å². The molecule has 2 unspecified atom stereocenters. The van der Waals surface area contributed by atoms with Crippen LogP contribution < -0.4 is 5.32 Å². The van der Waals surface area contributed by atoms with Gasteiger partial charge in [-0.1, -0.05) is 0 Å². The molecule has 0 bridgehead atoms. The minimum Gasteiger partial charge on any atom is -0.346 e. The van der Waals surface area contributed by atoms with Gasteiger partial charge in [-0.3, -0.25) is 9.78 Å². The van der Waals surface area contributed by atoms with Gasteiger partial charge in [-0.05, 0) is 105 Å². The van der Waals surface area contributed by atoms with Gasteiger partial charge in [0.1, 0.15) is 17.6 Å². The van der Waals surface area contributed by atoms with Gasteiger partial charge >= 0.3 is 0 Å². The molecule has 2 fully saturated rings. The number of nitriles is 1. The highest BCUT2D eigenvalue weighted by Gasteiger charge is 2.47. The standard InChI is InChI=1S/C27H27FN4O/c1-27(2,32-26(33)25-5-3-16(14-29)15-31-25)20-11-17-9-19(10-18(17)12-20)22-7-8-30-24-6-4-21(28)13-23(22)24/h3-8,13,15,17-20H,9-12H2,1-2H3,(H,32,33)/t17-,18?,19?,20+/m0/s1. The molecule has 1 amide bonds. The van der Waals surface area contributed by atoms with Gasteiger partial charge in [0, 0.05) is 23.3 Å². The average molecular weight is 443 g/mol. The Morgan fingerprint density at radius 2 is 1.85 bits per heavy atom. The van der Waals surface area contributed by atoms with Crippen LogP contribution in [0.3, 0.4) is 0 Å². The number of hydrogen-bond donors (Lipinski definition) is 1. The van der Waals surface area contributed by atoms with E-state index in [0.29, 0.717) is 34.9 Å². The molecule has 0 radical (unpaired) electrons. The van der Waals surface area contributed by atoms with Crippen LogP contribution in [0.25, 0.3) is 10.9 Å². The van der Waals surface area contributed by atoms with Gasteiger partial charge < -0.3 is 5.32 Å². The number of rotatable bonds is 4. The lowest BCUT2D eigenvalue weighted by Gasteiger charge is -2.33. The molecule has 33 heavy (non-hydrogen) atoms. The Balaban J connectivity index is 1.26. The van der Waals surface area contributed by atoms with Gasteiger partial charge in [0.2, 0.25) is 0 Å². The van der Waals surface area contributed by atoms with Crippen LogP contribution in [-0.2, 0) is 0 Å². The first-order valence-electron chi connectivity index (χ1n) is 11.6. The van der Waals surface area contributed by atoms with Crippen LogP contribution in [0.1, 0.15) is 67.1 Å². The number of carbonyl (C=O) groups is 1. The summed E-state index contributed by atoms with van der Waals surface area (Å²) in [6.45, 7) is 4.19. The van der Waals surface area contributed by atoms with Gasteiger partial charge in [-0.15, -0.1) is 0 Å². The lowest BCUT2D eigenvalue weighted by atomic mass is 9.82. The van der Waals surface area contributed by atoms with Crippen LogP contribution in [0.5, 0.6) is 0 Å². The number of benzene rings is 1. The molecule has 0 spiro atoms.